The number of nitrogens with one attached hydrogen (secondary N) is 1. The summed E-state index contributed by atoms with van der Waals surface area (Å²) in [5.41, 5.74) is 6.34. The second-order valence-electron chi connectivity index (χ2n) is 5.73. The first-order valence-electron chi connectivity index (χ1n) is 7.91. The lowest BCUT2D eigenvalue weighted by Gasteiger charge is -2.10. The molecule has 0 aliphatic heterocycles. The highest BCUT2D eigenvalue weighted by atomic mass is 35.5. The molecular weight excluding hydrogens is 368 g/mol. The summed E-state index contributed by atoms with van der Waals surface area (Å²) in [6.45, 7) is 0. The van der Waals surface area contributed by atoms with Crippen molar-refractivity contribution in [3.05, 3.63) is 82.1 Å². The van der Waals surface area contributed by atoms with Crippen molar-refractivity contribution in [1.29, 1.82) is 0 Å². The molecule has 136 valence electrons. The van der Waals surface area contributed by atoms with Gasteiger partial charge in [-0.2, -0.15) is 5.10 Å². The van der Waals surface area contributed by atoms with Crippen molar-refractivity contribution in [2.75, 3.05) is 5.32 Å². The van der Waals surface area contributed by atoms with E-state index in [-0.39, 0.29) is 28.3 Å². The van der Waals surface area contributed by atoms with Crippen LogP contribution in [0.5, 0.6) is 0 Å². The topological polar surface area (TPSA) is 107 Å². The molecule has 3 rings (SSSR count). The first-order valence-corrected chi connectivity index (χ1v) is 8.28. The van der Waals surface area contributed by atoms with Crippen molar-refractivity contribution < 1.29 is 14.4 Å². The Morgan fingerprint density at radius 1 is 1.04 bits per heavy atom. The lowest BCUT2D eigenvalue weighted by molar-refractivity contribution is 0.0988. The van der Waals surface area contributed by atoms with Gasteiger partial charge in [-0.1, -0.05) is 29.8 Å². The van der Waals surface area contributed by atoms with Crippen molar-refractivity contribution >= 4 is 34.9 Å². The van der Waals surface area contributed by atoms with Crippen LogP contribution in [0, 0.1) is 0 Å². The third-order valence-electron chi connectivity index (χ3n) is 3.94. The summed E-state index contributed by atoms with van der Waals surface area (Å²) in [4.78, 5) is 37.1. The van der Waals surface area contributed by atoms with Crippen molar-refractivity contribution in [3.63, 3.8) is 0 Å². The molecule has 0 radical (unpaired) electrons. The third-order valence-corrected chi connectivity index (χ3v) is 4.20. The number of amides is 2. The van der Waals surface area contributed by atoms with Gasteiger partial charge in [0.2, 0.25) is 0 Å². The van der Waals surface area contributed by atoms with Crippen molar-refractivity contribution in [1.82, 2.24) is 9.78 Å². The van der Waals surface area contributed by atoms with Gasteiger partial charge in [0.1, 0.15) is 5.69 Å². The van der Waals surface area contributed by atoms with E-state index in [0.717, 1.165) is 0 Å². The largest absolute Gasteiger partial charge is 0.364 e. The molecule has 2 aromatic carbocycles. The zero-order valence-corrected chi connectivity index (χ0v) is 15.0. The number of nitrogens with two attached hydrogens (primary N) is 1. The Morgan fingerprint density at radius 2 is 1.67 bits per heavy atom. The van der Waals surface area contributed by atoms with Gasteiger partial charge in [0.05, 0.1) is 17.4 Å². The lowest BCUT2D eigenvalue weighted by atomic mass is 9.98. The Balaban J connectivity index is 1.94. The fourth-order valence-electron chi connectivity index (χ4n) is 2.65. The van der Waals surface area contributed by atoms with Gasteiger partial charge in [-0.05, 0) is 30.3 Å². The van der Waals surface area contributed by atoms with Crippen LogP contribution in [0.4, 0.5) is 5.69 Å². The average Bonchev–Trinajstić information content (AvgIpc) is 3.02. The number of aryl methyl sites for hydroxylation is 1. The number of aromatic nitrogens is 2. The molecule has 0 bridgehead atoms. The molecule has 27 heavy (non-hydrogen) atoms. The smallest absolute Gasteiger partial charge is 0.269 e. The van der Waals surface area contributed by atoms with Gasteiger partial charge in [-0.3, -0.25) is 19.1 Å². The van der Waals surface area contributed by atoms with Gasteiger partial charge >= 0.3 is 0 Å². The van der Waals surface area contributed by atoms with Crippen LogP contribution in [0.25, 0.3) is 0 Å². The number of hydrogen-bond acceptors (Lipinski definition) is 4. The quantitative estimate of drug-likeness (QED) is 0.661. The predicted octanol–water partition coefficient (Wildman–Crippen LogP) is 2.66. The molecule has 3 N–H and O–H groups in total. The highest BCUT2D eigenvalue weighted by Gasteiger charge is 2.21. The highest BCUT2D eigenvalue weighted by molar-refractivity contribution is 6.30. The molecule has 3 aromatic rings. The van der Waals surface area contributed by atoms with Crippen LogP contribution < -0.4 is 11.1 Å². The van der Waals surface area contributed by atoms with Gasteiger partial charge in [-0.15, -0.1) is 0 Å². The number of benzene rings is 2. The maximum absolute atomic E-state index is 12.8. The Kier molecular flexibility index (Phi) is 5.05. The minimum absolute atomic E-state index is 0.0601. The van der Waals surface area contributed by atoms with Crippen LogP contribution in [0.15, 0.2) is 54.7 Å². The maximum atomic E-state index is 12.8. The summed E-state index contributed by atoms with van der Waals surface area (Å²) in [6.07, 6.45) is 1.32. The van der Waals surface area contributed by atoms with Gasteiger partial charge in [0.15, 0.2) is 5.78 Å². The van der Waals surface area contributed by atoms with Gasteiger partial charge in [-0.25, -0.2) is 0 Å². The van der Waals surface area contributed by atoms with Gasteiger partial charge < -0.3 is 11.1 Å². The van der Waals surface area contributed by atoms with E-state index in [1.807, 2.05) is 0 Å². The number of halogens is 1. The molecule has 0 atom stereocenters. The lowest BCUT2D eigenvalue weighted by Crippen LogP contribution is -2.21. The molecule has 0 aliphatic rings. The minimum Gasteiger partial charge on any atom is -0.364 e. The molecular formula is C19H15ClN4O3. The normalized spacial score (nSPS) is 10.4. The second kappa shape index (κ2) is 7.43. The van der Waals surface area contributed by atoms with E-state index < -0.39 is 11.8 Å². The summed E-state index contributed by atoms with van der Waals surface area (Å²) in [6, 6.07) is 12.8. The monoisotopic (exact) mass is 382 g/mol. The molecule has 2 amide bonds. The predicted molar refractivity (Wildman–Crippen MR) is 101 cm³/mol. The molecule has 0 saturated carbocycles. The Morgan fingerprint density at radius 3 is 2.30 bits per heavy atom. The number of anilines is 1. The van der Waals surface area contributed by atoms with E-state index >= 15 is 0 Å². The van der Waals surface area contributed by atoms with Crippen molar-refractivity contribution in [3.8, 4) is 0 Å². The van der Waals surface area contributed by atoms with Crippen LogP contribution in [0.2, 0.25) is 5.02 Å². The van der Waals surface area contributed by atoms with E-state index in [9.17, 15) is 14.4 Å². The summed E-state index contributed by atoms with van der Waals surface area (Å²) >= 11 is 5.86. The van der Waals surface area contributed by atoms with Crippen LogP contribution in [0.3, 0.4) is 0 Å². The van der Waals surface area contributed by atoms with E-state index in [1.54, 1.807) is 42.5 Å². The molecule has 0 fully saturated rings. The average molecular weight is 383 g/mol. The Labute approximate surface area is 159 Å². The zero-order chi connectivity index (χ0) is 19.6. The minimum atomic E-state index is -0.726. The molecule has 0 aliphatic carbocycles. The Bertz CT molecular complexity index is 1040. The van der Waals surface area contributed by atoms with E-state index in [4.69, 9.17) is 17.3 Å². The summed E-state index contributed by atoms with van der Waals surface area (Å²) in [7, 11) is 1.54. The first-order chi connectivity index (χ1) is 12.9. The van der Waals surface area contributed by atoms with Crippen molar-refractivity contribution in [2.45, 2.75) is 0 Å². The number of carbonyl (C=O) groups is 3. The van der Waals surface area contributed by atoms with Gasteiger partial charge in [0.25, 0.3) is 11.8 Å². The zero-order valence-electron chi connectivity index (χ0n) is 14.3. The van der Waals surface area contributed by atoms with Gasteiger partial charge in [0, 0.05) is 23.2 Å². The second-order valence-corrected chi connectivity index (χ2v) is 6.17. The highest BCUT2D eigenvalue weighted by Crippen LogP contribution is 2.20. The number of carbonyl (C=O) groups excluding carboxylic acids is 3. The third kappa shape index (κ3) is 3.73. The number of primary amides is 1. The number of rotatable bonds is 5. The molecule has 0 saturated heterocycles. The summed E-state index contributed by atoms with van der Waals surface area (Å²) in [5, 5.41) is 7.02. The fourth-order valence-corrected chi connectivity index (χ4v) is 2.77. The Hall–Kier alpha value is -3.45. The molecule has 0 unspecified atom stereocenters. The number of hydrogen-bond donors (Lipinski definition) is 2. The van der Waals surface area contributed by atoms with Crippen LogP contribution in [-0.2, 0) is 7.05 Å². The molecule has 7 nitrogen and oxygen atoms in total. The summed E-state index contributed by atoms with van der Waals surface area (Å²) in [5.74, 6) is -1.60. The molecule has 1 aromatic heterocycles. The maximum Gasteiger partial charge on any atom is 0.269 e. The van der Waals surface area contributed by atoms with Crippen LogP contribution in [-0.4, -0.2) is 27.4 Å². The standard InChI is InChI=1S/C19H15ClN4O3/c1-24-16(18(21)26)15(10-22-24)23-19(27)14-5-3-2-4-13(14)17(25)11-6-8-12(20)9-7-11/h2-10H,1H3,(H2,21,26)(H,23,27). The summed E-state index contributed by atoms with van der Waals surface area (Å²) < 4.78 is 1.27. The van der Waals surface area contributed by atoms with Crippen molar-refractivity contribution in [2.24, 2.45) is 12.8 Å². The number of ketones is 1. The van der Waals surface area contributed by atoms with E-state index in [2.05, 4.69) is 10.4 Å². The fraction of sp³-hybridized carbons (Fsp3) is 0.0526. The SMILES string of the molecule is Cn1ncc(NC(=O)c2ccccc2C(=O)c2ccc(Cl)cc2)c1C(N)=O. The van der Waals surface area contributed by atoms with Crippen LogP contribution >= 0.6 is 11.6 Å². The molecule has 0 spiro atoms. The van der Waals surface area contributed by atoms with E-state index in [0.29, 0.717) is 10.6 Å². The molecule has 1 heterocycles. The van der Waals surface area contributed by atoms with Crippen LogP contribution in [0.1, 0.15) is 36.8 Å². The molecule has 8 heteroatoms. The number of nitrogens with zero attached hydrogens (tertiary/aromatic N) is 2. The van der Waals surface area contributed by atoms with E-state index in [1.165, 1.54) is 24.0 Å². The first kappa shape index (κ1) is 18.3.